The van der Waals surface area contributed by atoms with Crippen molar-refractivity contribution in [1.82, 2.24) is 10.2 Å². The summed E-state index contributed by atoms with van der Waals surface area (Å²) < 4.78 is 0. The predicted octanol–water partition coefficient (Wildman–Crippen LogP) is 0.391. The summed E-state index contributed by atoms with van der Waals surface area (Å²) in [5, 5.41) is 11.9. The van der Waals surface area contributed by atoms with Gasteiger partial charge in [0.05, 0.1) is 6.42 Å². The van der Waals surface area contributed by atoms with E-state index in [0.717, 1.165) is 26.2 Å². The number of hydrogen-bond donors (Lipinski definition) is 2. The Kier molecular flexibility index (Phi) is 4.35. The molecule has 1 atom stereocenters. The number of rotatable bonds is 4. The largest absolute Gasteiger partial charge is 0.481 e. The van der Waals surface area contributed by atoms with Gasteiger partial charge in [-0.3, -0.25) is 4.79 Å². The van der Waals surface area contributed by atoms with Gasteiger partial charge in [-0.1, -0.05) is 13.8 Å². The van der Waals surface area contributed by atoms with Crippen LogP contribution in [0.3, 0.4) is 0 Å². The Balaban J connectivity index is 2.32. The van der Waals surface area contributed by atoms with Crippen LogP contribution in [0.15, 0.2) is 0 Å². The van der Waals surface area contributed by atoms with Crippen molar-refractivity contribution in [2.24, 2.45) is 5.92 Å². The highest BCUT2D eigenvalue weighted by molar-refractivity contribution is 5.67. The molecule has 0 aromatic heterocycles. The molecular weight excluding hydrogens is 180 g/mol. The van der Waals surface area contributed by atoms with Crippen molar-refractivity contribution in [3.05, 3.63) is 0 Å². The Hall–Kier alpha value is -0.610. The number of carboxylic acids is 1. The summed E-state index contributed by atoms with van der Waals surface area (Å²) in [6, 6.07) is 0.125. The molecule has 14 heavy (non-hydrogen) atoms. The Morgan fingerprint density at radius 1 is 1.64 bits per heavy atom. The maximum atomic E-state index is 10.5. The molecule has 1 fully saturated rings. The third-order valence-corrected chi connectivity index (χ3v) is 2.38. The molecule has 2 N–H and O–H groups in total. The lowest BCUT2D eigenvalue weighted by Crippen LogP contribution is -2.52. The summed E-state index contributed by atoms with van der Waals surface area (Å²) in [7, 11) is 0. The normalized spacial score (nSPS) is 24.1. The van der Waals surface area contributed by atoms with E-state index in [4.69, 9.17) is 5.11 Å². The van der Waals surface area contributed by atoms with Gasteiger partial charge in [0.1, 0.15) is 0 Å². The van der Waals surface area contributed by atoms with Crippen LogP contribution in [0.25, 0.3) is 0 Å². The molecule has 1 rings (SSSR count). The molecule has 0 aromatic rings. The first-order valence-corrected chi connectivity index (χ1v) is 5.25. The van der Waals surface area contributed by atoms with Crippen molar-refractivity contribution in [2.45, 2.75) is 26.3 Å². The molecule has 82 valence electrons. The molecule has 1 heterocycles. The van der Waals surface area contributed by atoms with Gasteiger partial charge in [0.2, 0.25) is 0 Å². The predicted molar refractivity (Wildman–Crippen MR) is 55.3 cm³/mol. The minimum atomic E-state index is -0.714. The van der Waals surface area contributed by atoms with Crippen LogP contribution in [0.1, 0.15) is 20.3 Å². The molecular formula is C10H20N2O2. The molecule has 0 radical (unpaired) electrons. The first-order chi connectivity index (χ1) is 6.58. The molecule has 1 aliphatic heterocycles. The molecule has 0 saturated carbocycles. The van der Waals surface area contributed by atoms with Crippen molar-refractivity contribution in [3.8, 4) is 0 Å². The van der Waals surface area contributed by atoms with E-state index in [9.17, 15) is 4.79 Å². The van der Waals surface area contributed by atoms with Gasteiger partial charge in [-0.05, 0) is 5.92 Å². The first kappa shape index (κ1) is 11.5. The average Bonchev–Trinajstić information content (AvgIpc) is 2.01. The Bertz CT molecular complexity index is 195. The Morgan fingerprint density at radius 2 is 2.36 bits per heavy atom. The highest BCUT2D eigenvalue weighted by Gasteiger charge is 2.21. The second kappa shape index (κ2) is 5.32. The average molecular weight is 200 g/mol. The maximum absolute atomic E-state index is 10.5. The topological polar surface area (TPSA) is 52.6 Å². The van der Waals surface area contributed by atoms with Gasteiger partial charge in [0.15, 0.2) is 0 Å². The fraction of sp³-hybridized carbons (Fsp3) is 0.900. The number of carbonyl (C=O) groups is 1. The van der Waals surface area contributed by atoms with Crippen LogP contribution in [0.2, 0.25) is 0 Å². The molecule has 1 saturated heterocycles. The fourth-order valence-electron chi connectivity index (χ4n) is 1.92. The SMILES string of the molecule is CC(C)CN1CCNC(CC(=O)O)C1. The maximum Gasteiger partial charge on any atom is 0.304 e. The van der Waals surface area contributed by atoms with Gasteiger partial charge in [-0.25, -0.2) is 0 Å². The van der Waals surface area contributed by atoms with Crippen LogP contribution in [0.4, 0.5) is 0 Å². The molecule has 1 aliphatic rings. The highest BCUT2D eigenvalue weighted by atomic mass is 16.4. The van der Waals surface area contributed by atoms with Crippen LogP contribution in [0, 0.1) is 5.92 Å². The fourth-order valence-corrected chi connectivity index (χ4v) is 1.92. The summed E-state index contributed by atoms with van der Waals surface area (Å²) in [5.41, 5.74) is 0. The number of piperazine rings is 1. The highest BCUT2D eigenvalue weighted by Crippen LogP contribution is 2.05. The summed E-state index contributed by atoms with van der Waals surface area (Å²) >= 11 is 0. The van der Waals surface area contributed by atoms with E-state index in [0.29, 0.717) is 5.92 Å². The van der Waals surface area contributed by atoms with E-state index in [2.05, 4.69) is 24.1 Å². The summed E-state index contributed by atoms with van der Waals surface area (Å²) in [6.07, 6.45) is 0.231. The minimum Gasteiger partial charge on any atom is -0.481 e. The van der Waals surface area contributed by atoms with Gasteiger partial charge in [-0.2, -0.15) is 0 Å². The van der Waals surface area contributed by atoms with E-state index >= 15 is 0 Å². The number of carboxylic acid groups (broad SMARTS) is 1. The van der Waals surface area contributed by atoms with Crippen LogP contribution in [-0.2, 0) is 4.79 Å². The summed E-state index contributed by atoms with van der Waals surface area (Å²) in [4.78, 5) is 12.9. The molecule has 4 heteroatoms. The third-order valence-electron chi connectivity index (χ3n) is 2.38. The van der Waals surface area contributed by atoms with Gasteiger partial charge in [0, 0.05) is 32.2 Å². The summed E-state index contributed by atoms with van der Waals surface area (Å²) in [6.45, 7) is 8.25. The minimum absolute atomic E-state index is 0.125. The summed E-state index contributed by atoms with van der Waals surface area (Å²) in [5.74, 6) is -0.0625. The van der Waals surface area contributed by atoms with Crippen molar-refractivity contribution >= 4 is 5.97 Å². The molecule has 0 spiro atoms. The lowest BCUT2D eigenvalue weighted by Gasteiger charge is -2.33. The Morgan fingerprint density at radius 3 is 2.93 bits per heavy atom. The zero-order valence-electron chi connectivity index (χ0n) is 8.99. The van der Waals surface area contributed by atoms with E-state index in [1.54, 1.807) is 0 Å². The Labute approximate surface area is 85.3 Å². The second-order valence-electron chi connectivity index (χ2n) is 4.40. The number of hydrogen-bond acceptors (Lipinski definition) is 3. The lowest BCUT2D eigenvalue weighted by atomic mass is 10.1. The zero-order chi connectivity index (χ0) is 10.6. The molecule has 0 aromatic carbocycles. The molecule has 4 nitrogen and oxygen atoms in total. The van der Waals surface area contributed by atoms with Crippen molar-refractivity contribution in [1.29, 1.82) is 0 Å². The van der Waals surface area contributed by atoms with Crippen LogP contribution in [0.5, 0.6) is 0 Å². The molecule has 0 aliphatic carbocycles. The standard InChI is InChI=1S/C10H20N2O2/c1-8(2)6-12-4-3-11-9(7-12)5-10(13)14/h8-9,11H,3-7H2,1-2H3,(H,13,14). The lowest BCUT2D eigenvalue weighted by molar-refractivity contribution is -0.137. The van der Waals surface area contributed by atoms with Gasteiger partial charge >= 0.3 is 5.97 Å². The van der Waals surface area contributed by atoms with Crippen LogP contribution >= 0.6 is 0 Å². The van der Waals surface area contributed by atoms with Gasteiger partial charge < -0.3 is 15.3 Å². The quantitative estimate of drug-likeness (QED) is 0.689. The number of nitrogens with zero attached hydrogens (tertiary/aromatic N) is 1. The van der Waals surface area contributed by atoms with E-state index in [-0.39, 0.29) is 12.5 Å². The smallest absolute Gasteiger partial charge is 0.304 e. The van der Waals surface area contributed by atoms with E-state index in [1.807, 2.05) is 0 Å². The van der Waals surface area contributed by atoms with Gasteiger partial charge in [-0.15, -0.1) is 0 Å². The van der Waals surface area contributed by atoms with Crippen molar-refractivity contribution in [2.75, 3.05) is 26.2 Å². The molecule has 0 amide bonds. The molecule has 1 unspecified atom stereocenters. The number of nitrogens with one attached hydrogen (secondary N) is 1. The monoisotopic (exact) mass is 200 g/mol. The van der Waals surface area contributed by atoms with Crippen LogP contribution in [-0.4, -0.2) is 48.2 Å². The van der Waals surface area contributed by atoms with E-state index < -0.39 is 5.97 Å². The third kappa shape index (κ3) is 4.07. The second-order valence-corrected chi connectivity index (χ2v) is 4.40. The molecule has 0 bridgehead atoms. The van der Waals surface area contributed by atoms with Crippen LogP contribution < -0.4 is 5.32 Å². The zero-order valence-corrected chi connectivity index (χ0v) is 8.99. The number of aliphatic carboxylic acids is 1. The van der Waals surface area contributed by atoms with Crippen molar-refractivity contribution in [3.63, 3.8) is 0 Å². The van der Waals surface area contributed by atoms with E-state index in [1.165, 1.54) is 0 Å². The van der Waals surface area contributed by atoms with Crippen molar-refractivity contribution < 1.29 is 9.90 Å². The first-order valence-electron chi connectivity index (χ1n) is 5.25. The van der Waals surface area contributed by atoms with Gasteiger partial charge in [0.25, 0.3) is 0 Å².